The highest BCUT2D eigenvalue weighted by Crippen LogP contribution is 2.39. The number of benzene rings is 3. The molecule has 2 N–H and O–H groups in total. The van der Waals surface area contributed by atoms with Gasteiger partial charge in [0.25, 0.3) is 5.91 Å². The smallest absolute Gasteiger partial charge is 0.255 e. The van der Waals surface area contributed by atoms with E-state index in [0.29, 0.717) is 35.4 Å². The van der Waals surface area contributed by atoms with E-state index in [2.05, 4.69) is 55.4 Å². The number of hydrogen-bond donors (Lipinski definition) is 2. The van der Waals surface area contributed by atoms with E-state index in [1.54, 1.807) is 13.2 Å². The summed E-state index contributed by atoms with van der Waals surface area (Å²) in [5.41, 5.74) is 4.01. The zero-order chi connectivity index (χ0) is 40.5. The van der Waals surface area contributed by atoms with Crippen molar-refractivity contribution < 1.29 is 28.2 Å². The van der Waals surface area contributed by atoms with E-state index in [1.807, 2.05) is 31.2 Å². The zero-order valence-electron chi connectivity index (χ0n) is 33.4. The Morgan fingerprint density at radius 1 is 0.966 bits per heavy atom. The summed E-state index contributed by atoms with van der Waals surface area (Å²) >= 11 is 3.57. The van der Waals surface area contributed by atoms with Crippen molar-refractivity contribution >= 4 is 50.4 Å². The Kier molecular flexibility index (Phi) is 12.0. The molecule has 2 atom stereocenters. The lowest BCUT2D eigenvalue weighted by atomic mass is 9.84. The molecule has 3 aromatic carbocycles. The van der Waals surface area contributed by atoms with Gasteiger partial charge >= 0.3 is 0 Å². The number of amides is 3. The molecule has 0 bridgehead atoms. The molecule has 3 saturated heterocycles. The molecular formula is C44H51BrFN7O5. The van der Waals surface area contributed by atoms with Crippen LogP contribution >= 0.6 is 15.9 Å². The number of piperidine rings is 3. The number of aromatic nitrogens is 2. The Morgan fingerprint density at radius 3 is 2.48 bits per heavy atom. The van der Waals surface area contributed by atoms with E-state index in [-0.39, 0.29) is 43.2 Å². The van der Waals surface area contributed by atoms with Crippen LogP contribution in [0, 0.1) is 18.7 Å². The van der Waals surface area contributed by atoms with E-state index in [9.17, 15) is 18.8 Å². The number of nitrogens with zero attached hydrogens (tertiary/aromatic N) is 5. The summed E-state index contributed by atoms with van der Waals surface area (Å²) in [7, 11) is 1.65. The van der Waals surface area contributed by atoms with E-state index >= 15 is 0 Å². The van der Waals surface area contributed by atoms with E-state index in [0.717, 1.165) is 103 Å². The number of imide groups is 1. The first-order valence-corrected chi connectivity index (χ1v) is 21.2. The van der Waals surface area contributed by atoms with Crippen molar-refractivity contribution in [1.29, 1.82) is 0 Å². The number of methoxy groups -OCH3 is 1. The second-order valence-corrected chi connectivity index (χ2v) is 17.1. The molecule has 58 heavy (non-hydrogen) atoms. The third-order valence-electron chi connectivity index (χ3n) is 12.4. The fourth-order valence-electron chi connectivity index (χ4n) is 9.19. The number of halogens is 2. The molecule has 4 aromatic rings. The number of nitrogens with one attached hydrogen (secondary N) is 2. The van der Waals surface area contributed by atoms with Crippen molar-refractivity contribution in [3.05, 3.63) is 86.9 Å². The lowest BCUT2D eigenvalue weighted by Crippen LogP contribution is -2.52. The molecule has 4 aliphatic rings. The maximum absolute atomic E-state index is 14.9. The molecule has 3 amide bonds. The molecular weight excluding hydrogens is 805 g/mol. The van der Waals surface area contributed by atoms with Crippen LogP contribution in [0.5, 0.6) is 11.5 Å². The van der Waals surface area contributed by atoms with Gasteiger partial charge in [-0.05, 0) is 131 Å². The Hall–Kier alpha value is -4.66. The van der Waals surface area contributed by atoms with Gasteiger partial charge in [-0.2, -0.15) is 0 Å². The fourth-order valence-corrected chi connectivity index (χ4v) is 9.60. The summed E-state index contributed by atoms with van der Waals surface area (Å²) < 4.78 is 28.0. The maximum atomic E-state index is 14.9. The Morgan fingerprint density at radius 2 is 1.74 bits per heavy atom. The summed E-state index contributed by atoms with van der Waals surface area (Å²) in [6.07, 6.45) is 4.52. The van der Waals surface area contributed by atoms with Crippen LogP contribution in [0.3, 0.4) is 0 Å². The second-order valence-electron chi connectivity index (χ2n) is 16.2. The molecule has 0 saturated carbocycles. The molecule has 4 aliphatic heterocycles. The SMILES string of the molecule is COc1cc2c(NC(C)c3cccc(Br)c3)nc(C)nc2cc1OCCN1CCC(CN2CCC(c3cc(F)cc4c3CN(C3CCC(=O)NC3=O)C4=O)CC2)CC1. The van der Waals surface area contributed by atoms with Gasteiger partial charge in [0.15, 0.2) is 11.5 Å². The Labute approximate surface area is 347 Å². The van der Waals surface area contributed by atoms with Crippen LogP contribution in [0.15, 0.2) is 53.0 Å². The summed E-state index contributed by atoms with van der Waals surface area (Å²) in [5.74, 6) is 1.98. The zero-order valence-corrected chi connectivity index (χ0v) is 34.9. The van der Waals surface area contributed by atoms with Crippen molar-refractivity contribution in [2.45, 2.75) is 76.9 Å². The third kappa shape index (κ3) is 8.69. The van der Waals surface area contributed by atoms with Crippen molar-refractivity contribution in [3.63, 3.8) is 0 Å². The lowest BCUT2D eigenvalue weighted by Gasteiger charge is -2.38. The van der Waals surface area contributed by atoms with E-state index in [4.69, 9.17) is 19.4 Å². The highest BCUT2D eigenvalue weighted by Gasteiger charge is 2.41. The molecule has 12 nitrogen and oxygen atoms in total. The van der Waals surface area contributed by atoms with Crippen LogP contribution in [-0.2, 0) is 16.1 Å². The Bertz CT molecular complexity index is 2210. The number of ether oxygens (including phenoxy) is 2. The average molecular weight is 857 g/mol. The molecule has 3 fully saturated rings. The van der Waals surface area contributed by atoms with E-state index < -0.39 is 17.8 Å². The largest absolute Gasteiger partial charge is 0.493 e. The quantitative estimate of drug-likeness (QED) is 0.148. The standard InChI is InChI=1S/C44H51BrFN7O5/c1-26(30-5-4-6-31(45)19-30)47-42-35-22-39(57-3)40(23-37(35)48-27(2)49-42)58-18-17-51-13-9-28(10-14-51)24-52-15-11-29(12-16-52)33-20-32(46)21-34-36(33)25-53(44(34)56)38-7-8-41(54)50-43(38)55/h4-6,19-23,26,28-29,38H,7-18,24-25H2,1-3H3,(H,47,48,49)(H,50,54,55). The minimum atomic E-state index is -0.711. The summed E-state index contributed by atoms with van der Waals surface area (Å²) in [6.45, 7) is 10.6. The van der Waals surface area contributed by atoms with Crippen LogP contribution in [0.4, 0.5) is 10.2 Å². The van der Waals surface area contributed by atoms with Crippen LogP contribution in [0.2, 0.25) is 0 Å². The first-order chi connectivity index (χ1) is 28.0. The molecule has 0 spiro atoms. The number of fused-ring (bicyclic) bond motifs is 2. The predicted molar refractivity (Wildman–Crippen MR) is 223 cm³/mol. The summed E-state index contributed by atoms with van der Waals surface area (Å²) in [6, 6.07) is 14.3. The van der Waals surface area contributed by atoms with Gasteiger partial charge in [-0.3, -0.25) is 24.6 Å². The number of hydrogen-bond acceptors (Lipinski definition) is 10. The monoisotopic (exact) mass is 855 g/mol. The number of carbonyl (C=O) groups is 3. The van der Waals surface area contributed by atoms with Crippen molar-refractivity contribution in [2.24, 2.45) is 5.92 Å². The van der Waals surface area contributed by atoms with Crippen LogP contribution in [-0.4, -0.2) is 101 Å². The normalized spacial score (nSPS) is 20.3. The van der Waals surface area contributed by atoms with Crippen molar-refractivity contribution in [1.82, 2.24) is 30.0 Å². The first-order valence-electron chi connectivity index (χ1n) is 20.5. The number of likely N-dealkylation sites (tertiary alicyclic amines) is 2. The molecule has 14 heteroatoms. The molecule has 8 rings (SSSR count). The van der Waals surface area contributed by atoms with Gasteiger partial charge < -0.3 is 24.6 Å². The second kappa shape index (κ2) is 17.3. The fraction of sp³-hybridized carbons (Fsp3) is 0.477. The topological polar surface area (TPSA) is 129 Å². The Balaban J connectivity index is 0.809. The molecule has 306 valence electrons. The first kappa shape index (κ1) is 40.1. The summed E-state index contributed by atoms with van der Waals surface area (Å²) in [5, 5.41) is 6.79. The van der Waals surface area contributed by atoms with Gasteiger partial charge in [-0.25, -0.2) is 14.4 Å². The van der Waals surface area contributed by atoms with Crippen molar-refractivity contribution in [2.75, 3.05) is 58.3 Å². The van der Waals surface area contributed by atoms with Crippen LogP contribution in [0.1, 0.15) is 90.3 Å². The van der Waals surface area contributed by atoms with Gasteiger partial charge in [0, 0.05) is 47.5 Å². The maximum Gasteiger partial charge on any atom is 0.255 e. The van der Waals surface area contributed by atoms with Gasteiger partial charge in [-0.15, -0.1) is 0 Å². The van der Waals surface area contributed by atoms with E-state index in [1.165, 1.54) is 11.0 Å². The van der Waals surface area contributed by atoms with Gasteiger partial charge in [0.05, 0.1) is 18.7 Å². The number of aryl methyl sites for hydroxylation is 1. The number of rotatable bonds is 12. The molecule has 1 aromatic heterocycles. The summed E-state index contributed by atoms with van der Waals surface area (Å²) in [4.78, 5) is 53.6. The number of carbonyl (C=O) groups excluding carboxylic acids is 3. The predicted octanol–water partition coefficient (Wildman–Crippen LogP) is 6.75. The minimum absolute atomic E-state index is 0.0261. The van der Waals surface area contributed by atoms with Crippen LogP contribution < -0.4 is 20.1 Å². The highest BCUT2D eigenvalue weighted by molar-refractivity contribution is 9.10. The number of anilines is 1. The van der Waals surface area contributed by atoms with Gasteiger partial charge in [-0.1, -0.05) is 28.1 Å². The minimum Gasteiger partial charge on any atom is -0.493 e. The molecule has 2 unspecified atom stereocenters. The lowest BCUT2D eigenvalue weighted by molar-refractivity contribution is -0.136. The average Bonchev–Trinajstić information content (AvgIpc) is 3.53. The van der Waals surface area contributed by atoms with Gasteiger partial charge in [0.1, 0.15) is 30.1 Å². The molecule has 5 heterocycles. The third-order valence-corrected chi connectivity index (χ3v) is 12.9. The highest BCUT2D eigenvalue weighted by atomic mass is 79.9. The molecule has 0 aliphatic carbocycles. The van der Waals surface area contributed by atoms with Crippen LogP contribution in [0.25, 0.3) is 10.9 Å². The van der Waals surface area contributed by atoms with Gasteiger partial charge in [0.2, 0.25) is 11.8 Å². The molecule has 0 radical (unpaired) electrons. The van der Waals surface area contributed by atoms with Crippen molar-refractivity contribution in [3.8, 4) is 11.5 Å².